The third kappa shape index (κ3) is 4.43. The van der Waals surface area contributed by atoms with Gasteiger partial charge in [-0.15, -0.1) is 0 Å². The predicted octanol–water partition coefficient (Wildman–Crippen LogP) is 4.12. The Labute approximate surface area is 161 Å². The molecule has 4 rings (SSSR count). The molecule has 0 bridgehead atoms. The van der Waals surface area contributed by atoms with Gasteiger partial charge in [-0.05, 0) is 42.5 Å². The zero-order valence-electron chi connectivity index (χ0n) is 14.9. The zero-order valence-corrected chi connectivity index (χ0v) is 15.7. The van der Waals surface area contributed by atoms with Gasteiger partial charge in [0.15, 0.2) is 0 Å². The third-order valence-electron chi connectivity index (χ3n) is 4.96. The Morgan fingerprint density at radius 3 is 2.85 bits per heavy atom. The van der Waals surface area contributed by atoms with Crippen LogP contribution < -0.4 is 15.0 Å². The second-order valence-corrected chi connectivity index (χ2v) is 7.91. The van der Waals surface area contributed by atoms with Crippen LogP contribution in [-0.4, -0.2) is 41.2 Å². The average molecular weight is 392 g/mol. The molecule has 0 spiro atoms. The van der Waals surface area contributed by atoms with Crippen LogP contribution in [0, 0.1) is 0 Å². The van der Waals surface area contributed by atoms with Crippen LogP contribution in [0.4, 0.5) is 20.4 Å². The van der Waals surface area contributed by atoms with Crippen LogP contribution >= 0.6 is 11.8 Å². The van der Waals surface area contributed by atoms with Gasteiger partial charge in [-0.3, -0.25) is 0 Å². The van der Waals surface area contributed by atoms with Gasteiger partial charge in [0.05, 0.1) is 6.04 Å². The van der Waals surface area contributed by atoms with Crippen LogP contribution in [0.25, 0.3) is 0 Å². The number of hydrogen-bond acceptors (Lipinski definition) is 6. The first kappa shape index (κ1) is 18.3. The van der Waals surface area contributed by atoms with E-state index in [1.54, 1.807) is 18.5 Å². The van der Waals surface area contributed by atoms with E-state index in [0.29, 0.717) is 0 Å². The molecule has 27 heavy (non-hydrogen) atoms. The largest absolute Gasteiger partial charge is 0.435 e. The molecular formula is C19H22F2N4OS. The van der Waals surface area contributed by atoms with Gasteiger partial charge in [0.25, 0.3) is 0 Å². The van der Waals surface area contributed by atoms with E-state index in [2.05, 4.69) is 24.9 Å². The van der Waals surface area contributed by atoms with Crippen molar-refractivity contribution in [3.05, 3.63) is 41.7 Å². The van der Waals surface area contributed by atoms with E-state index in [-0.39, 0.29) is 11.8 Å². The summed E-state index contributed by atoms with van der Waals surface area (Å²) in [6.45, 7) is -0.797. The van der Waals surface area contributed by atoms with Crippen molar-refractivity contribution in [2.75, 3.05) is 34.8 Å². The Kier molecular flexibility index (Phi) is 5.61. The first-order valence-electron chi connectivity index (χ1n) is 9.18. The number of hydrogen-bond donors (Lipinski definition) is 1. The summed E-state index contributed by atoms with van der Waals surface area (Å²) in [6.07, 6.45) is 4.43. The third-order valence-corrected chi connectivity index (χ3v) is 5.91. The van der Waals surface area contributed by atoms with Crippen molar-refractivity contribution >= 4 is 23.4 Å². The monoisotopic (exact) mass is 392 g/mol. The fraction of sp³-hybridized carbons (Fsp3) is 0.474. The van der Waals surface area contributed by atoms with Gasteiger partial charge in [-0.1, -0.05) is 6.07 Å². The Morgan fingerprint density at radius 1 is 1.19 bits per heavy atom. The highest BCUT2D eigenvalue weighted by molar-refractivity contribution is 7.99. The molecule has 2 aliphatic rings. The Morgan fingerprint density at radius 2 is 2.04 bits per heavy atom. The van der Waals surface area contributed by atoms with Crippen LogP contribution in [0.5, 0.6) is 5.75 Å². The lowest BCUT2D eigenvalue weighted by Gasteiger charge is -2.29. The van der Waals surface area contributed by atoms with Crippen LogP contribution in [0.2, 0.25) is 0 Å². The first-order valence-corrected chi connectivity index (χ1v) is 10.3. The molecule has 1 aliphatic carbocycles. The van der Waals surface area contributed by atoms with E-state index in [1.807, 2.05) is 23.9 Å². The number of anilines is 2. The summed E-state index contributed by atoms with van der Waals surface area (Å²) in [5.41, 5.74) is 2.18. The lowest BCUT2D eigenvalue weighted by atomic mass is 9.87. The van der Waals surface area contributed by atoms with Crippen molar-refractivity contribution in [3.63, 3.8) is 0 Å². The van der Waals surface area contributed by atoms with Crippen molar-refractivity contribution in [2.45, 2.75) is 31.9 Å². The SMILES string of the molecule is FC(F)Oc1ccc2c(c1)CCCC2Nc1cc(N2CCSCC2)ncn1. The van der Waals surface area contributed by atoms with E-state index in [9.17, 15) is 8.78 Å². The Balaban J connectivity index is 1.51. The molecule has 1 aromatic carbocycles. The Bertz CT molecular complexity index is 786. The molecule has 0 radical (unpaired) electrons. The van der Waals surface area contributed by atoms with Crippen molar-refractivity contribution in [1.82, 2.24) is 9.97 Å². The van der Waals surface area contributed by atoms with Gasteiger partial charge >= 0.3 is 6.61 Å². The van der Waals surface area contributed by atoms with E-state index < -0.39 is 6.61 Å². The van der Waals surface area contributed by atoms with Gasteiger partial charge in [0.2, 0.25) is 0 Å². The van der Waals surface area contributed by atoms with Gasteiger partial charge in [0.1, 0.15) is 23.7 Å². The Hall–Kier alpha value is -2.09. The summed E-state index contributed by atoms with van der Waals surface area (Å²) in [6, 6.07) is 7.33. The highest BCUT2D eigenvalue weighted by Crippen LogP contribution is 2.35. The molecule has 8 heteroatoms. The number of fused-ring (bicyclic) bond motifs is 1. The molecule has 2 heterocycles. The number of alkyl halides is 2. The summed E-state index contributed by atoms with van der Waals surface area (Å²) in [7, 11) is 0. The summed E-state index contributed by atoms with van der Waals surface area (Å²) >= 11 is 1.97. The quantitative estimate of drug-likeness (QED) is 0.826. The lowest BCUT2D eigenvalue weighted by molar-refractivity contribution is -0.0499. The lowest BCUT2D eigenvalue weighted by Crippen LogP contribution is -2.33. The van der Waals surface area contributed by atoms with Crippen LogP contribution in [0.15, 0.2) is 30.6 Å². The molecule has 1 unspecified atom stereocenters. The number of aromatic nitrogens is 2. The molecule has 144 valence electrons. The minimum Gasteiger partial charge on any atom is -0.435 e. The van der Waals surface area contributed by atoms with Gasteiger partial charge in [0, 0.05) is 30.7 Å². The maximum atomic E-state index is 12.5. The van der Waals surface area contributed by atoms with Crippen molar-refractivity contribution < 1.29 is 13.5 Å². The zero-order chi connectivity index (χ0) is 18.6. The minimum absolute atomic E-state index is 0.106. The fourth-order valence-electron chi connectivity index (χ4n) is 3.69. The van der Waals surface area contributed by atoms with E-state index >= 15 is 0 Å². The highest BCUT2D eigenvalue weighted by atomic mass is 32.2. The van der Waals surface area contributed by atoms with Gasteiger partial charge < -0.3 is 15.0 Å². The second kappa shape index (κ2) is 8.29. The standard InChI is InChI=1S/C19H22F2N4OS/c20-19(21)26-14-4-5-15-13(10-14)2-1-3-16(15)24-17-11-18(23-12-22-17)25-6-8-27-9-7-25/h4-5,10-12,16,19H,1-3,6-9H2,(H,22,23,24). The number of ether oxygens (including phenoxy) is 1. The number of nitrogens with one attached hydrogen (secondary N) is 1. The smallest absolute Gasteiger partial charge is 0.387 e. The van der Waals surface area contributed by atoms with E-state index in [4.69, 9.17) is 0 Å². The molecule has 1 fully saturated rings. The van der Waals surface area contributed by atoms with E-state index in [0.717, 1.165) is 66.6 Å². The fourth-order valence-corrected chi connectivity index (χ4v) is 4.59. The van der Waals surface area contributed by atoms with Gasteiger partial charge in [-0.2, -0.15) is 20.5 Å². The van der Waals surface area contributed by atoms with Crippen LogP contribution in [0.1, 0.15) is 30.0 Å². The number of thioether (sulfide) groups is 1. The maximum Gasteiger partial charge on any atom is 0.387 e. The van der Waals surface area contributed by atoms with Crippen LogP contribution in [0.3, 0.4) is 0 Å². The molecule has 1 aliphatic heterocycles. The maximum absolute atomic E-state index is 12.5. The van der Waals surface area contributed by atoms with Crippen molar-refractivity contribution in [1.29, 1.82) is 0 Å². The molecule has 1 aromatic heterocycles. The number of aryl methyl sites for hydroxylation is 1. The predicted molar refractivity (Wildman–Crippen MR) is 104 cm³/mol. The molecular weight excluding hydrogens is 370 g/mol. The molecule has 2 aromatic rings. The number of nitrogens with zero attached hydrogens (tertiary/aromatic N) is 3. The summed E-state index contributed by atoms with van der Waals surface area (Å²) in [5.74, 6) is 4.20. The number of halogens is 2. The molecule has 1 saturated heterocycles. The molecule has 0 amide bonds. The highest BCUT2D eigenvalue weighted by Gasteiger charge is 2.22. The first-order chi connectivity index (χ1) is 13.2. The summed E-state index contributed by atoms with van der Waals surface area (Å²) in [5, 5.41) is 3.50. The topological polar surface area (TPSA) is 50.3 Å². The van der Waals surface area contributed by atoms with E-state index in [1.165, 1.54) is 0 Å². The molecule has 1 atom stereocenters. The molecule has 5 nitrogen and oxygen atoms in total. The normalized spacial score (nSPS) is 19.7. The molecule has 0 saturated carbocycles. The average Bonchev–Trinajstić information content (AvgIpc) is 2.68. The molecule has 1 N–H and O–H groups in total. The summed E-state index contributed by atoms with van der Waals surface area (Å²) < 4.78 is 29.4. The van der Waals surface area contributed by atoms with Crippen LogP contribution in [-0.2, 0) is 6.42 Å². The second-order valence-electron chi connectivity index (χ2n) is 6.69. The number of benzene rings is 1. The van der Waals surface area contributed by atoms with Gasteiger partial charge in [-0.25, -0.2) is 9.97 Å². The van der Waals surface area contributed by atoms with Crippen molar-refractivity contribution in [2.24, 2.45) is 0 Å². The minimum atomic E-state index is -2.80. The summed E-state index contributed by atoms with van der Waals surface area (Å²) in [4.78, 5) is 11.1. The number of rotatable bonds is 5. The van der Waals surface area contributed by atoms with Crippen molar-refractivity contribution in [3.8, 4) is 5.75 Å².